The van der Waals surface area contributed by atoms with Gasteiger partial charge in [0, 0.05) is 18.8 Å². The van der Waals surface area contributed by atoms with Crippen molar-refractivity contribution in [1.82, 2.24) is 4.98 Å². The van der Waals surface area contributed by atoms with E-state index in [1.165, 1.54) is 12.1 Å². The molecule has 2 aromatic rings. The summed E-state index contributed by atoms with van der Waals surface area (Å²) in [5.74, 6) is -1.75. The average molecular weight is 263 g/mol. The van der Waals surface area contributed by atoms with Crippen LogP contribution in [0.25, 0.3) is 0 Å². The second-order valence-corrected chi connectivity index (χ2v) is 4.47. The van der Waals surface area contributed by atoms with Gasteiger partial charge in [-0.3, -0.25) is 4.98 Å². The highest BCUT2D eigenvalue weighted by Crippen LogP contribution is 2.15. The Bertz CT molecular complexity index is 531. The summed E-state index contributed by atoms with van der Waals surface area (Å²) in [5, 5.41) is 9.87. The van der Waals surface area contributed by atoms with Crippen molar-refractivity contribution in [1.29, 1.82) is 0 Å². The number of pyridine rings is 1. The highest BCUT2D eigenvalue weighted by Gasteiger charge is 2.12. The molecule has 0 spiro atoms. The Morgan fingerprint density at radius 3 is 2.58 bits per heavy atom. The van der Waals surface area contributed by atoms with Gasteiger partial charge in [0.2, 0.25) is 0 Å². The molecule has 2 nitrogen and oxygen atoms in total. The van der Waals surface area contributed by atoms with Gasteiger partial charge < -0.3 is 5.11 Å². The van der Waals surface area contributed by atoms with Gasteiger partial charge in [-0.1, -0.05) is 12.1 Å². The summed E-state index contributed by atoms with van der Waals surface area (Å²) in [5.41, 5.74) is 1.27. The lowest BCUT2D eigenvalue weighted by molar-refractivity contribution is 0.163. The number of benzene rings is 1. The smallest absolute Gasteiger partial charge is 0.162 e. The molecule has 0 radical (unpaired) electrons. The zero-order chi connectivity index (χ0) is 13.7. The Kier molecular flexibility index (Phi) is 4.58. The summed E-state index contributed by atoms with van der Waals surface area (Å²) in [4.78, 5) is 3.91. The molecular formula is C15H15F2NO. The number of hydrogen-bond acceptors (Lipinski definition) is 2. The third-order valence-corrected chi connectivity index (χ3v) is 3.00. The quantitative estimate of drug-likeness (QED) is 0.899. The van der Waals surface area contributed by atoms with Gasteiger partial charge in [0.25, 0.3) is 0 Å². The Hall–Kier alpha value is -1.81. The predicted octanol–water partition coefficient (Wildman–Crippen LogP) is 2.90. The van der Waals surface area contributed by atoms with Crippen molar-refractivity contribution < 1.29 is 13.9 Å². The molecule has 1 N–H and O–H groups in total. The molecule has 0 aliphatic carbocycles. The molecule has 2 rings (SSSR count). The first-order valence-corrected chi connectivity index (χ1v) is 6.16. The number of nitrogens with zero attached hydrogens (tertiary/aromatic N) is 1. The number of aliphatic hydroxyl groups excluding tert-OH is 1. The minimum absolute atomic E-state index is 0.120. The van der Waals surface area contributed by atoms with Crippen LogP contribution in [0.15, 0.2) is 42.7 Å². The van der Waals surface area contributed by atoms with E-state index in [9.17, 15) is 13.9 Å². The normalized spacial score (nSPS) is 12.4. The van der Waals surface area contributed by atoms with E-state index in [-0.39, 0.29) is 12.0 Å². The van der Waals surface area contributed by atoms with Gasteiger partial charge in [-0.25, -0.2) is 8.78 Å². The lowest BCUT2D eigenvalue weighted by Crippen LogP contribution is -2.13. The van der Waals surface area contributed by atoms with Gasteiger partial charge in [0.05, 0.1) is 6.10 Å². The standard InChI is InChI=1S/C15H15F2NO/c16-14-3-1-2-12(15(14)17)10-13(19)5-4-11-6-8-18-9-7-11/h1-3,6-9,13,19H,4-5,10H2. The van der Waals surface area contributed by atoms with Crippen LogP contribution in [0.1, 0.15) is 17.5 Å². The third kappa shape index (κ3) is 3.83. The molecule has 19 heavy (non-hydrogen) atoms. The van der Waals surface area contributed by atoms with Crippen LogP contribution >= 0.6 is 0 Å². The molecule has 0 aliphatic rings. The molecule has 1 heterocycles. The zero-order valence-electron chi connectivity index (χ0n) is 10.4. The first kappa shape index (κ1) is 13.6. The summed E-state index contributed by atoms with van der Waals surface area (Å²) in [6.07, 6.45) is 3.99. The number of hydrogen-bond donors (Lipinski definition) is 1. The molecule has 100 valence electrons. The average Bonchev–Trinajstić information content (AvgIpc) is 2.43. The van der Waals surface area contributed by atoms with Crippen LogP contribution in [0.2, 0.25) is 0 Å². The molecule has 0 saturated carbocycles. The van der Waals surface area contributed by atoms with Crippen LogP contribution in [-0.4, -0.2) is 16.2 Å². The largest absolute Gasteiger partial charge is 0.393 e. The van der Waals surface area contributed by atoms with Crippen LogP contribution in [-0.2, 0) is 12.8 Å². The van der Waals surface area contributed by atoms with Crippen LogP contribution in [0.4, 0.5) is 8.78 Å². The molecule has 4 heteroatoms. The van der Waals surface area contributed by atoms with Crippen molar-refractivity contribution in [2.45, 2.75) is 25.4 Å². The molecule has 1 atom stereocenters. The van der Waals surface area contributed by atoms with E-state index in [4.69, 9.17) is 0 Å². The van der Waals surface area contributed by atoms with Gasteiger partial charge in [0.15, 0.2) is 11.6 Å². The summed E-state index contributed by atoms with van der Waals surface area (Å²) >= 11 is 0. The number of aryl methyl sites for hydroxylation is 1. The fourth-order valence-electron chi connectivity index (χ4n) is 1.94. The summed E-state index contributed by atoms with van der Waals surface area (Å²) < 4.78 is 26.4. The zero-order valence-corrected chi connectivity index (χ0v) is 10.4. The van der Waals surface area contributed by atoms with E-state index in [0.717, 1.165) is 11.6 Å². The van der Waals surface area contributed by atoms with Crippen molar-refractivity contribution in [3.8, 4) is 0 Å². The highest BCUT2D eigenvalue weighted by molar-refractivity contribution is 5.19. The molecule has 1 aromatic carbocycles. The second kappa shape index (κ2) is 6.38. The fourth-order valence-corrected chi connectivity index (χ4v) is 1.94. The number of aliphatic hydroxyl groups is 1. The van der Waals surface area contributed by atoms with Crippen molar-refractivity contribution in [3.63, 3.8) is 0 Å². The van der Waals surface area contributed by atoms with Gasteiger partial charge in [-0.2, -0.15) is 0 Å². The van der Waals surface area contributed by atoms with E-state index in [0.29, 0.717) is 12.8 Å². The lowest BCUT2D eigenvalue weighted by atomic mass is 10.0. The fraction of sp³-hybridized carbons (Fsp3) is 0.267. The van der Waals surface area contributed by atoms with Crippen molar-refractivity contribution in [2.24, 2.45) is 0 Å². The van der Waals surface area contributed by atoms with E-state index in [1.807, 2.05) is 12.1 Å². The molecule has 0 fully saturated rings. The molecule has 0 saturated heterocycles. The van der Waals surface area contributed by atoms with Gasteiger partial charge in [-0.05, 0) is 42.2 Å². The Morgan fingerprint density at radius 2 is 1.84 bits per heavy atom. The minimum Gasteiger partial charge on any atom is -0.393 e. The third-order valence-electron chi connectivity index (χ3n) is 3.00. The summed E-state index contributed by atoms with van der Waals surface area (Å²) in [7, 11) is 0. The Balaban J connectivity index is 1.91. The molecule has 0 aliphatic heterocycles. The van der Waals surface area contributed by atoms with Gasteiger partial charge >= 0.3 is 0 Å². The molecular weight excluding hydrogens is 248 g/mol. The molecule has 1 aromatic heterocycles. The van der Waals surface area contributed by atoms with Crippen LogP contribution < -0.4 is 0 Å². The topological polar surface area (TPSA) is 33.1 Å². The van der Waals surface area contributed by atoms with Gasteiger partial charge in [-0.15, -0.1) is 0 Å². The second-order valence-electron chi connectivity index (χ2n) is 4.47. The lowest BCUT2D eigenvalue weighted by Gasteiger charge is -2.11. The minimum atomic E-state index is -0.876. The van der Waals surface area contributed by atoms with Crippen LogP contribution in [0, 0.1) is 11.6 Å². The maximum absolute atomic E-state index is 13.4. The van der Waals surface area contributed by atoms with Crippen LogP contribution in [0.5, 0.6) is 0 Å². The number of aromatic nitrogens is 1. The van der Waals surface area contributed by atoms with Crippen molar-refractivity contribution >= 4 is 0 Å². The molecule has 1 unspecified atom stereocenters. The summed E-state index contributed by atoms with van der Waals surface area (Å²) in [6.45, 7) is 0. The Morgan fingerprint density at radius 1 is 1.11 bits per heavy atom. The van der Waals surface area contributed by atoms with Crippen LogP contribution in [0.3, 0.4) is 0 Å². The van der Waals surface area contributed by atoms with E-state index in [1.54, 1.807) is 12.4 Å². The molecule has 0 bridgehead atoms. The van der Waals surface area contributed by atoms with Crippen molar-refractivity contribution in [2.75, 3.05) is 0 Å². The Labute approximate surface area is 110 Å². The van der Waals surface area contributed by atoms with E-state index >= 15 is 0 Å². The monoisotopic (exact) mass is 263 g/mol. The summed E-state index contributed by atoms with van der Waals surface area (Å²) in [6, 6.07) is 7.75. The first-order valence-electron chi connectivity index (χ1n) is 6.16. The maximum atomic E-state index is 13.4. The van der Waals surface area contributed by atoms with E-state index < -0.39 is 17.7 Å². The number of rotatable bonds is 5. The maximum Gasteiger partial charge on any atom is 0.162 e. The van der Waals surface area contributed by atoms with Crippen molar-refractivity contribution in [3.05, 3.63) is 65.5 Å². The first-order chi connectivity index (χ1) is 9.16. The van der Waals surface area contributed by atoms with Gasteiger partial charge in [0.1, 0.15) is 0 Å². The van der Waals surface area contributed by atoms with E-state index in [2.05, 4.69) is 4.98 Å². The number of halogens is 2. The highest BCUT2D eigenvalue weighted by atomic mass is 19.2. The SMILES string of the molecule is OC(CCc1ccncc1)Cc1cccc(F)c1F. The predicted molar refractivity (Wildman–Crippen MR) is 68.6 cm³/mol. The molecule has 0 amide bonds.